The Morgan fingerprint density at radius 1 is 0.864 bits per heavy atom. The fourth-order valence-corrected chi connectivity index (χ4v) is 2.29. The van der Waals surface area contributed by atoms with Crippen molar-refractivity contribution >= 4 is 0 Å². The van der Waals surface area contributed by atoms with Crippen molar-refractivity contribution in [2.45, 2.75) is 19.4 Å². The van der Waals surface area contributed by atoms with Gasteiger partial charge in [0.2, 0.25) is 0 Å². The molecule has 0 fully saturated rings. The highest BCUT2D eigenvalue weighted by Gasteiger charge is 1.98. The quantitative estimate of drug-likeness (QED) is 0.622. The van der Waals surface area contributed by atoms with Gasteiger partial charge in [-0.25, -0.2) is 4.98 Å². The smallest absolute Gasteiger partial charge is 0.137 e. The van der Waals surface area contributed by atoms with Gasteiger partial charge in [0, 0.05) is 6.54 Å². The Bertz CT molecular complexity index is 663. The molecule has 0 unspecified atom stereocenters. The lowest BCUT2D eigenvalue weighted by Gasteiger charge is -2.07. The Morgan fingerprint density at radius 3 is 2.36 bits per heavy atom. The van der Waals surface area contributed by atoms with Crippen LogP contribution in [0.25, 0.3) is 11.1 Å². The molecule has 3 aromatic rings. The van der Waals surface area contributed by atoms with Crippen molar-refractivity contribution in [2.75, 3.05) is 6.61 Å². The summed E-state index contributed by atoms with van der Waals surface area (Å²) in [7, 11) is 0. The van der Waals surface area contributed by atoms with Crippen molar-refractivity contribution in [1.82, 2.24) is 14.8 Å². The molecule has 0 amide bonds. The molecule has 0 saturated carbocycles. The Kier molecular flexibility index (Phi) is 4.82. The fourth-order valence-electron chi connectivity index (χ4n) is 2.29. The second-order valence-electron chi connectivity index (χ2n) is 5.10. The second kappa shape index (κ2) is 7.41. The van der Waals surface area contributed by atoms with Crippen LogP contribution in [0.15, 0.2) is 67.3 Å². The van der Waals surface area contributed by atoms with E-state index in [0.717, 1.165) is 31.7 Å². The number of aromatic nitrogens is 3. The first-order valence-corrected chi connectivity index (χ1v) is 7.52. The predicted octanol–water partition coefficient (Wildman–Crippen LogP) is 3.80. The molecule has 0 saturated heterocycles. The zero-order valence-electron chi connectivity index (χ0n) is 12.4. The molecule has 112 valence electrons. The summed E-state index contributed by atoms with van der Waals surface area (Å²) in [6, 6.07) is 18.6. The van der Waals surface area contributed by atoms with Crippen LogP contribution in [0.4, 0.5) is 0 Å². The highest BCUT2D eigenvalue weighted by Crippen LogP contribution is 2.22. The van der Waals surface area contributed by atoms with Gasteiger partial charge in [0.1, 0.15) is 18.4 Å². The highest BCUT2D eigenvalue weighted by atomic mass is 16.5. The van der Waals surface area contributed by atoms with Gasteiger partial charge in [-0.1, -0.05) is 42.5 Å². The zero-order chi connectivity index (χ0) is 15.0. The van der Waals surface area contributed by atoms with Crippen molar-refractivity contribution in [3.63, 3.8) is 0 Å². The van der Waals surface area contributed by atoms with Crippen molar-refractivity contribution < 1.29 is 4.74 Å². The van der Waals surface area contributed by atoms with E-state index in [4.69, 9.17) is 4.74 Å². The van der Waals surface area contributed by atoms with Crippen LogP contribution in [0.2, 0.25) is 0 Å². The molecule has 0 N–H and O–H groups in total. The molecule has 0 aliphatic carbocycles. The van der Waals surface area contributed by atoms with Gasteiger partial charge in [-0.2, -0.15) is 5.10 Å². The molecule has 1 aromatic heterocycles. The fraction of sp³-hybridized carbons (Fsp3) is 0.222. The van der Waals surface area contributed by atoms with E-state index in [2.05, 4.69) is 46.5 Å². The summed E-state index contributed by atoms with van der Waals surface area (Å²) in [5, 5.41) is 4.08. The molecule has 0 bridgehead atoms. The molecule has 0 radical (unpaired) electrons. The van der Waals surface area contributed by atoms with Gasteiger partial charge < -0.3 is 4.74 Å². The molecular weight excluding hydrogens is 274 g/mol. The minimum Gasteiger partial charge on any atom is -0.494 e. The zero-order valence-corrected chi connectivity index (χ0v) is 12.4. The van der Waals surface area contributed by atoms with Gasteiger partial charge in [-0.05, 0) is 36.1 Å². The van der Waals surface area contributed by atoms with Crippen LogP contribution in [-0.4, -0.2) is 21.4 Å². The topological polar surface area (TPSA) is 39.9 Å². The molecule has 2 aromatic carbocycles. The lowest BCUT2D eigenvalue weighted by molar-refractivity contribution is 0.302. The molecule has 0 aliphatic rings. The van der Waals surface area contributed by atoms with Crippen LogP contribution in [0, 0.1) is 0 Å². The maximum Gasteiger partial charge on any atom is 0.137 e. The van der Waals surface area contributed by atoms with Crippen molar-refractivity contribution in [2.24, 2.45) is 0 Å². The standard InChI is InChI=1S/C18H19N3O/c1-2-6-16(7-3-1)17-8-10-18(11-9-17)22-13-5-4-12-21-15-19-14-20-21/h1-3,6-11,14-15H,4-5,12-13H2. The monoisotopic (exact) mass is 293 g/mol. The minimum atomic E-state index is 0.722. The van der Waals surface area contributed by atoms with E-state index >= 15 is 0 Å². The average Bonchev–Trinajstić information content (AvgIpc) is 3.09. The summed E-state index contributed by atoms with van der Waals surface area (Å²) in [6.45, 7) is 1.61. The molecule has 0 spiro atoms. The Labute approximate surface area is 130 Å². The first kappa shape index (κ1) is 14.3. The van der Waals surface area contributed by atoms with Crippen LogP contribution in [0.5, 0.6) is 5.75 Å². The largest absolute Gasteiger partial charge is 0.494 e. The van der Waals surface area contributed by atoms with Crippen molar-refractivity contribution in [3.8, 4) is 16.9 Å². The van der Waals surface area contributed by atoms with E-state index in [1.807, 2.05) is 22.9 Å². The summed E-state index contributed by atoms with van der Waals surface area (Å²) in [4.78, 5) is 3.92. The SMILES string of the molecule is c1ccc(-c2ccc(OCCCCn3cncn3)cc2)cc1. The molecule has 22 heavy (non-hydrogen) atoms. The summed E-state index contributed by atoms with van der Waals surface area (Å²) in [6.07, 6.45) is 5.33. The molecule has 4 heteroatoms. The third-order valence-corrected chi connectivity index (χ3v) is 3.48. The molecule has 0 atom stereocenters. The van der Waals surface area contributed by atoms with Crippen LogP contribution in [0.1, 0.15) is 12.8 Å². The molecule has 3 rings (SSSR count). The van der Waals surface area contributed by atoms with Crippen molar-refractivity contribution in [1.29, 1.82) is 0 Å². The van der Waals surface area contributed by atoms with Gasteiger partial charge in [0.25, 0.3) is 0 Å². The third kappa shape index (κ3) is 3.95. The van der Waals surface area contributed by atoms with E-state index in [0.29, 0.717) is 0 Å². The number of ether oxygens (including phenoxy) is 1. The number of benzene rings is 2. The van der Waals surface area contributed by atoms with Gasteiger partial charge in [-0.3, -0.25) is 4.68 Å². The van der Waals surface area contributed by atoms with E-state index in [1.54, 1.807) is 12.7 Å². The summed E-state index contributed by atoms with van der Waals surface area (Å²) in [5.74, 6) is 0.917. The summed E-state index contributed by atoms with van der Waals surface area (Å²) < 4.78 is 7.61. The number of aryl methyl sites for hydroxylation is 1. The van der Waals surface area contributed by atoms with Gasteiger partial charge in [0.05, 0.1) is 6.61 Å². The normalized spacial score (nSPS) is 10.5. The second-order valence-corrected chi connectivity index (χ2v) is 5.10. The number of rotatable bonds is 7. The van der Waals surface area contributed by atoms with E-state index in [9.17, 15) is 0 Å². The minimum absolute atomic E-state index is 0.722. The van der Waals surface area contributed by atoms with Gasteiger partial charge >= 0.3 is 0 Å². The Balaban J connectivity index is 1.43. The van der Waals surface area contributed by atoms with Gasteiger partial charge in [0.15, 0.2) is 0 Å². The number of hydrogen-bond acceptors (Lipinski definition) is 3. The number of nitrogens with zero attached hydrogens (tertiary/aromatic N) is 3. The van der Waals surface area contributed by atoms with E-state index < -0.39 is 0 Å². The average molecular weight is 293 g/mol. The number of hydrogen-bond donors (Lipinski definition) is 0. The maximum atomic E-state index is 5.77. The Hall–Kier alpha value is -2.62. The molecule has 4 nitrogen and oxygen atoms in total. The molecule has 0 aliphatic heterocycles. The van der Waals surface area contributed by atoms with Crippen LogP contribution >= 0.6 is 0 Å². The summed E-state index contributed by atoms with van der Waals surface area (Å²) >= 11 is 0. The highest BCUT2D eigenvalue weighted by molar-refractivity contribution is 5.63. The lowest BCUT2D eigenvalue weighted by atomic mass is 10.1. The number of unbranched alkanes of at least 4 members (excludes halogenated alkanes) is 1. The summed E-state index contributed by atoms with van der Waals surface area (Å²) in [5.41, 5.74) is 2.43. The van der Waals surface area contributed by atoms with Gasteiger partial charge in [-0.15, -0.1) is 0 Å². The first-order chi connectivity index (χ1) is 10.9. The molecular formula is C18H19N3O. The molecule has 1 heterocycles. The van der Waals surface area contributed by atoms with Crippen molar-refractivity contribution in [3.05, 3.63) is 67.3 Å². The van der Waals surface area contributed by atoms with E-state index in [1.165, 1.54) is 11.1 Å². The van der Waals surface area contributed by atoms with Crippen LogP contribution < -0.4 is 4.74 Å². The van der Waals surface area contributed by atoms with Crippen LogP contribution in [-0.2, 0) is 6.54 Å². The van der Waals surface area contributed by atoms with Crippen LogP contribution in [0.3, 0.4) is 0 Å². The third-order valence-electron chi connectivity index (χ3n) is 3.48. The lowest BCUT2D eigenvalue weighted by Crippen LogP contribution is -2.02. The van der Waals surface area contributed by atoms with E-state index in [-0.39, 0.29) is 0 Å². The first-order valence-electron chi connectivity index (χ1n) is 7.52. The predicted molar refractivity (Wildman–Crippen MR) is 86.6 cm³/mol. The Morgan fingerprint density at radius 2 is 1.64 bits per heavy atom. The maximum absolute atomic E-state index is 5.77.